The van der Waals surface area contributed by atoms with Gasteiger partial charge in [0, 0.05) is 25.7 Å². The number of anilines is 1. The summed E-state index contributed by atoms with van der Waals surface area (Å²) in [4.78, 5) is 12.6. The van der Waals surface area contributed by atoms with E-state index >= 15 is 0 Å². The lowest BCUT2D eigenvalue weighted by Gasteiger charge is -2.37. The van der Waals surface area contributed by atoms with Crippen molar-refractivity contribution in [3.05, 3.63) is 34.4 Å². The van der Waals surface area contributed by atoms with Crippen LogP contribution in [0.5, 0.6) is 0 Å². The van der Waals surface area contributed by atoms with E-state index in [1.807, 2.05) is 0 Å². The van der Waals surface area contributed by atoms with Crippen LogP contribution in [-0.2, 0) is 4.74 Å². The highest BCUT2D eigenvalue weighted by Gasteiger charge is 2.25. The van der Waals surface area contributed by atoms with Crippen molar-refractivity contribution in [1.29, 1.82) is 0 Å². The van der Waals surface area contributed by atoms with Crippen molar-refractivity contribution >= 4 is 11.4 Å². The second-order valence-electron chi connectivity index (χ2n) is 4.65. The van der Waals surface area contributed by atoms with Crippen molar-refractivity contribution in [1.82, 2.24) is 4.90 Å². The summed E-state index contributed by atoms with van der Waals surface area (Å²) in [6.45, 7) is 3.35. The molecule has 1 aromatic rings. The maximum Gasteiger partial charge on any atom is 0.292 e. The second kappa shape index (κ2) is 7.18. The highest BCUT2D eigenvalue weighted by Crippen LogP contribution is 2.22. The first-order valence-electron chi connectivity index (χ1n) is 6.62. The van der Waals surface area contributed by atoms with E-state index in [9.17, 15) is 10.1 Å². The predicted octanol–water partition coefficient (Wildman–Crippen LogP) is 0.700. The van der Waals surface area contributed by atoms with Crippen LogP contribution in [0.2, 0.25) is 0 Å². The van der Waals surface area contributed by atoms with E-state index in [2.05, 4.69) is 10.2 Å². The zero-order chi connectivity index (χ0) is 14.4. The molecule has 1 heterocycles. The molecule has 7 nitrogen and oxygen atoms in total. The fourth-order valence-electron chi connectivity index (χ4n) is 2.16. The predicted molar refractivity (Wildman–Crippen MR) is 74.9 cm³/mol. The van der Waals surface area contributed by atoms with Gasteiger partial charge in [0.2, 0.25) is 0 Å². The van der Waals surface area contributed by atoms with Crippen molar-refractivity contribution in [2.45, 2.75) is 6.04 Å². The van der Waals surface area contributed by atoms with Gasteiger partial charge in [0.1, 0.15) is 5.69 Å². The fraction of sp³-hybridized carbons (Fsp3) is 0.538. The SMILES string of the molecule is O=[N+]([O-])c1ccccc1NCCN(CCO)C1COC1. The van der Waals surface area contributed by atoms with E-state index in [-0.39, 0.29) is 12.3 Å². The lowest BCUT2D eigenvalue weighted by Crippen LogP contribution is -2.51. The molecule has 2 rings (SSSR count). The highest BCUT2D eigenvalue weighted by molar-refractivity contribution is 5.61. The maximum absolute atomic E-state index is 10.9. The zero-order valence-corrected chi connectivity index (χ0v) is 11.2. The standard InChI is InChI=1S/C13H19N3O4/c17-8-7-15(11-9-20-10-11)6-5-14-12-3-1-2-4-13(12)16(18)19/h1-4,11,14,17H,5-10H2. The van der Waals surface area contributed by atoms with E-state index in [1.165, 1.54) is 6.07 Å². The molecule has 1 saturated heterocycles. The van der Waals surface area contributed by atoms with Crippen LogP contribution in [0.25, 0.3) is 0 Å². The molecule has 0 unspecified atom stereocenters. The Hall–Kier alpha value is -1.70. The Balaban J connectivity index is 1.86. The van der Waals surface area contributed by atoms with Crippen LogP contribution in [0, 0.1) is 10.1 Å². The number of hydrogen-bond donors (Lipinski definition) is 2. The Morgan fingerprint density at radius 1 is 1.40 bits per heavy atom. The fourth-order valence-corrected chi connectivity index (χ4v) is 2.16. The number of nitro benzene ring substituents is 1. The Morgan fingerprint density at radius 2 is 2.15 bits per heavy atom. The minimum absolute atomic E-state index is 0.0770. The van der Waals surface area contributed by atoms with Crippen LogP contribution in [0.3, 0.4) is 0 Å². The Morgan fingerprint density at radius 3 is 2.75 bits per heavy atom. The molecule has 1 aliphatic rings. The smallest absolute Gasteiger partial charge is 0.292 e. The number of hydrogen-bond acceptors (Lipinski definition) is 6. The molecule has 110 valence electrons. The van der Waals surface area contributed by atoms with Gasteiger partial charge in [0.25, 0.3) is 5.69 Å². The minimum Gasteiger partial charge on any atom is -0.395 e. The number of ether oxygens (including phenoxy) is 1. The molecule has 0 bridgehead atoms. The number of rotatable bonds is 8. The molecule has 1 aliphatic heterocycles. The first-order chi connectivity index (χ1) is 9.72. The van der Waals surface area contributed by atoms with Gasteiger partial charge in [0.05, 0.1) is 30.8 Å². The van der Waals surface area contributed by atoms with Crippen molar-refractivity contribution in [3.63, 3.8) is 0 Å². The normalized spacial score (nSPS) is 15.1. The van der Waals surface area contributed by atoms with Crippen molar-refractivity contribution in [2.75, 3.05) is 44.8 Å². The van der Waals surface area contributed by atoms with E-state index in [0.29, 0.717) is 44.6 Å². The molecule has 0 aromatic heterocycles. The van der Waals surface area contributed by atoms with E-state index in [0.717, 1.165) is 0 Å². The second-order valence-corrected chi connectivity index (χ2v) is 4.65. The number of para-hydroxylation sites is 2. The molecule has 1 aromatic carbocycles. The van der Waals surface area contributed by atoms with Crippen LogP contribution in [0.15, 0.2) is 24.3 Å². The molecule has 0 amide bonds. The summed E-state index contributed by atoms with van der Waals surface area (Å²) in [7, 11) is 0. The third-order valence-corrected chi connectivity index (χ3v) is 3.34. The van der Waals surface area contributed by atoms with Gasteiger partial charge < -0.3 is 15.2 Å². The molecule has 2 N–H and O–H groups in total. The van der Waals surface area contributed by atoms with Gasteiger partial charge in [-0.2, -0.15) is 0 Å². The maximum atomic E-state index is 10.9. The molecule has 7 heteroatoms. The Bertz CT molecular complexity index is 451. The van der Waals surface area contributed by atoms with Crippen LogP contribution < -0.4 is 5.32 Å². The summed E-state index contributed by atoms with van der Waals surface area (Å²) in [5.41, 5.74) is 0.597. The molecule has 0 saturated carbocycles. The van der Waals surface area contributed by atoms with Gasteiger partial charge in [-0.15, -0.1) is 0 Å². The highest BCUT2D eigenvalue weighted by atomic mass is 16.6. The van der Waals surface area contributed by atoms with E-state index in [4.69, 9.17) is 9.84 Å². The number of benzene rings is 1. The molecule has 0 atom stereocenters. The average Bonchev–Trinajstić information content (AvgIpc) is 2.37. The monoisotopic (exact) mass is 281 g/mol. The summed E-state index contributed by atoms with van der Waals surface area (Å²) < 4.78 is 5.14. The Labute approximate surface area is 117 Å². The van der Waals surface area contributed by atoms with Crippen molar-refractivity contribution in [2.24, 2.45) is 0 Å². The number of nitro groups is 1. The number of nitrogens with zero attached hydrogens (tertiary/aromatic N) is 2. The van der Waals surface area contributed by atoms with E-state index in [1.54, 1.807) is 18.2 Å². The van der Waals surface area contributed by atoms with Crippen LogP contribution >= 0.6 is 0 Å². The van der Waals surface area contributed by atoms with Gasteiger partial charge in [-0.05, 0) is 6.07 Å². The lowest BCUT2D eigenvalue weighted by molar-refractivity contribution is -0.384. The summed E-state index contributed by atoms with van der Waals surface area (Å²) in [6, 6.07) is 6.93. The number of nitrogens with one attached hydrogen (secondary N) is 1. The van der Waals surface area contributed by atoms with Gasteiger partial charge in [-0.1, -0.05) is 12.1 Å². The summed E-state index contributed by atoms with van der Waals surface area (Å²) in [6.07, 6.45) is 0. The third kappa shape index (κ3) is 3.66. The number of aliphatic hydroxyl groups excluding tert-OH is 1. The first kappa shape index (κ1) is 14.7. The first-order valence-corrected chi connectivity index (χ1v) is 6.62. The molecule has 0 spiro atoms. The quantitative estimate of drug-likeness (QED) is 0.539. The average molecular weight is 281 g/mol. The van der Waals surface area contributed by atoms with Crippen molar-refractivity contribution in [3.8, 4) is 0 Å². The summed E-state index contributed by atoms with van der Waals surface area (Å²) in [5, 5.41) is 23.0. The summed E-state index contributed by atoms with van der Waals surface area (Å²) in [5.74, 6) is 0. The minimum atomic E-state index is -0.395. The molecular formula is C13H19N3O4. The summed E-state index contributed by atoms with van der Waals surface area (Å²) >= 11 is 0. The molecular weight excluding hydrogens is 262 g/mol. The van der Waals surface area contributed by atoms with Crippen LogP contribution in [0.1, 0.15) is 0 Å². The van der Waals surface area contributed by atoms with Gasteiger partial charge in [0.15, 0.2) is 0 Å². The largest absolute Gasteiger partial charge is 0.395 e. The van der Waals surface area contributed by atoms with E-state index < -0.39 is 4.92 Å². The molecule has 20 heavy (non-hydrogen) atoms. The molecule has 1 fully saturated rings. The number of aliphatic hydroxyl groups is 1. The Kier molecular flexibility index (Phi) is 5.28. The van der Waals surface area contributed by atoms with Crippen molar-refractivity contribution < 1.29 is 14.8 Å². The van der Waals surface area contributed by atoms with Crippen LogP contribution in [-0.4, -0.2) is 60.4 Å². The lowest BCUT2D eigenvalue weighted by atomic mass is 10.2. The molecule has 0 aliphatic carbocycles. The molecule has 0 radical (unpaired) electrons. The van der Waals surface area contributed by atoms with Gasteiger partial charge in [-0.3, -0.25) is 15.0 Å². The zero-order valence-electron chi connectivity index (χ0n) is 11.2. The van der Waals surface area contributed by atoms with Gasteiger partial charge >= 0.3 is 0 Å². The van der Waals surface area contributed by atoms with Crippen LogP contribution in [0.4, 0.5) is 11.4 Å². The topological polar surface area (TPSA) is 87.9 Å². The third-order valence-electron chi connectivity index (χ3n) is 3.34. The van der Waals surface area contributed by atoms with Gasteiger partial charge in [-0.25, -0.2) is 0 Å².